The SMILES string of the molecule is CN(C)C(=O)Cc1ccc(NC(=O)c2cccnc2SCc2ccc(F)cc2)cc1. The van der Waals surface area contributed by atoms with Crippen LogP contribution in [-0.2, 0) is 17.0 Å². The van der Waals surface area contributed by atoms with E-state index in [4.69, 9.17) is 0 Å². The second-order valence-electron chi connectivity index (χ2n) is 6.89. The molecule has 0 bridgehead atoms. The third-order valence-corrected chi connectivity index (χ3v) is 5.45. The number of pyridine rings is 1. The Labute approximate surface area is 179 Å². The van der Waals surface area contributed by atoms with Gasteiger partial charge in [0.1, 0.15) is 10.8 Å². The average molecular weight is 424 g/mol. The van der Waals surface area contributed by atoms with Crippen molar-refractivity contribution in [2.24, 2.45) is 0 Å². The zero-order chi connectivity index (χ0) is 21.5. The molecule has 0 aliphatic heterocycles. The van der Waals surface area contributed by atoms with Gasteiger partial charge in [0.2, 0.25) is 5.91 Å². The third kappa shape index (κ3) is 5.90. The second kappa shape index (κ2) is 10.0. The number of nitrogens with one attached hydrogen (secondary N) is 1. The largest absolute Gasteiger partial charge is 0.349 e. The fourth-order valence-electron chi connectivity index (χ4n) is 2.65. The lowest BCUT2D eigenvalue weighted by Gasteiger charge is -2.11. The Kier molecular flexibility index (Phi) is 7.19. The number of aromatic nitrogens is 1. The van der Waals surface area contributed by atoms with Gasteiger partial charge in [-0.25, -0.2) is 9.37 Å². The number of nitrogens with zero attached hydrogens (tertiary/aromatic N) is 2. The quantitative estimate of drug-likeness (QED) is 0.573. The van der Waals surface area contributed by atoms with Gasteiger partial charge < -0.3 is 10.2 Å². The highest BCUT2D eigenvalue weighted by Crippen LogP contribution is 2.25. The highest BCUT2D eigenvalue weighted by molar-refractivity contribution is 7.98. The van der Waals surface area contributed by atoms with Crippen molar-refractivity contribution in [3.8, 4) is 0 Å². The van der Waals surface area contributed by atoms with E-state index in [9.17, 15) is 14.0 Å². The molecule has 1 aromatic heterocycles. The molecule has 0 atom stereocenters. The lowest BCUT2D eigenvalue weighted by Crippen LogP contribution is -2.23. The fourth-order valence-corrected chi connectivity index (χ4v) is 3.60. The molecule has 0 saturated heterocycles. The number of hydrogen-bond donors (Lipinski definition) is 1. The van der Waals surface area contributed by atoms with Crippen molar-refractivity contribution in [2.75, 3.05) is 19.4 Å². The predicted molar refractivity (Wildman–Crippen MR) is 117 cm³/mol. The number of carbonyl (C=O) groups excluding carboxylic acids is 2. The molecule has 0 aliphatic rings. The van der Waals surface area contributed by atoms with Crippen molar-refractivity contribution in [1.82, 2.24) is 9.88 Å². The number of anilines is 1. The highest BCUT2D eigenvalue weighted by Gasteiger charge is 2.14. The van der Waals surface area contributed by atoms with Crippen molar-refractivity contribution in [2.45, 2.75) is 17.2 Å². The first-order chi connectivity index (χ1) is 14.4. The first-order valence-electron chi connectivity index (χ1n) is 9.35. The molecule has 154 valence electrons. The molecule has 7 heteroatoms. The summed E-state index contributed by atoms with van der Waals surface area (Å²) in [7, 11) is 3.44. The van der Waals surface area contributed by atoms with Crippen LogP contribution in [0.4, 0.5) is 10.1 Å². The Balaban J connectivity index is 1.65. The van der Waals surface area contributed by atoms with Gasteiger partial charge >= 0.3 is 0 Å². The molecular formula is C23H22FN3O2S. The van der Waals surface area contributed by atoms with Crippen LogP contribution in [0.1, 0.15) is 21.5 Å². The smallest absolute Gasteiger partial charge is 0.258 e. The van der Waals surface area contributed by atoms with Gasteiger partial charge in [-0.05, 0) is 47.5 Å². The van der Waals surface area contributed by atoms with Crippen LogP contribution in [0.15, 0.2) is 71.9 Å². The predicted octanol–water partition coefficient (Wildman–Crippen LogP) is 4.40. The van der Waals surface area contributed by atoms with Crippen molar-refractivity contribution in [3.63, 3.8) is 0 Å². The summed E-state index contributed by atoms with van der Waals surface area (Å²) in [5.74, 6) is 0.0529. The van der Waals surface area contributed by atoms with E-state index in [2.05, 4.69) is 10.3 Å². The first kappa shape index (κ1) is 21.5. The molecule has 30 heavy (non-hydrogen) atoms. The normalized spacial score (nSPS) is 10.5. The topological polar surface area (TPSA) is 62.3 Å². The maximum atomic E-state index is 13.1. The number of amides is 2. The van der Waals surface area contributed by atoms with E-state index in [0.29, 0.717) is 28.5 Å². The molecule has 3 rings (SSSR count). The van der Waals surface area contributed by atoms with Gasteiger partial charge in [0.15, 0.2) is 0 Å². The van der Waals surface area contributed by atoms with Gasteiger partial charge in [-0.2, -0.15) is 0 Å². The zero-order valence-electron chi connectivity index (χ0n) is 16.8. The van der Waals surface area contributed by atoms with Gasteiger partial charge in [-0.1, -0.05) is 24.3 Å². The highest BCUT2D eigenvalue weighted by atomic mass is 32.2. The Morgan fingerprint density at radius 3 is 2.33 bits per heavy atom. The van der Waals surface area contributed by atoms with Crippen molar-refractivity contribution in [1.29, 1.82) is 0 Å². The van der Waals surface area contributed by atoms with Crippen LogP contribution in [0.5, 0.6) is 0 Å². The lowest BCUT2D eigenvalue weighted by atomic mass is 10.1. The number of thioether (sulfide) groups is 1. The molecule has 0 saturated carbocycles. The Morgan fingerprint density at radius 2 is 1.67 bits per heavy atom. The van der Waals surface area contributed by atoms with Crippen LogP contribution in [0.3, 0.4) is 0 Å². The second-order valence-corrected chi connectivity index (χ2v) is 7.85. The Morgan fingerprint density at radius 1 is 1.00 bits per heavy atom. The molecule has 1 N–H and O–H groups in total. The maximum Gasteiger partial charge on any atom is 0.258 e. The first-order valence-corrected chi connectivity index (χ1v) is 10.3. The average Bonchev–Trinajstić information content (AvgIpc) is 2.75. The van der Waals surface area contributed by atoms with Crippen LogP contribution in [0, 0.1) is 5.82 Å². The summed E-state index contributed by atoms with van der Waals surface area (Å²) in [4.78, 5) is 30.4. The van der Waals surface area contributed by atoms with Gasteiger partial charge in [0, 0.05) is 31.7 Å². The summed E-state index contributed by atoms with van der Waals surface area (Å²) in [6.07, 6.45) is 1.95. The zero-order valence-corrected chi connectivity index (χ0v) is 17.6. The standard InChI is InChI=1S/C23H22FN3O2S/c1-27(2)21(28)14-16-7-11-19(12-8-16)26-22(29)20-4-3-13-25-23(20)30-15-17-5-9-18(24)10-6-17/h3-13H,14-15H2,1-2H3,(H,26,29). The molecule has 0 aliphatic carbocycles. The molecule has 5 nitrogen and oxygen atoms in total. The van der Waals surface area contributed by atoms with Crippen molar-refractivity contribution < 1.29 is 14.0 Å². The van der Waals surface area contributed by atoms with Crippen molar-refractivity contribution >= 4 is 29.3 Å². The molecule has 3 aromatic rings. The minimum Gasteiger partial charge on any atom is -0.349 e. The number of likely N-dealkylation sites (N-methyl/N-ethyl adjacent to an activating group) is 1. The molecule has 0 unspecified atom stereocenters. The fraction of sp³-hybridized carbons (Fsp3) is 0.174. The molecule has 0 fully saturated rings. The van der Waals surface area contributed by atoms with Crippen LogP contribution < -0.4 is 5.32 Å². The van der Waals surface area contributed by atoms with E-state index < -0.39 is 0 Å². The number of benzene rings is 2. The third-order valence-electron chi connectivity index (χ3n) is 4.37. The summed E-state index contributed by atoms with van der Waals surface area (Å²) < 4.78 is 13.1. The van der Waals surface area contributed by atoms with Gasteiger partial charge in [0.25, 0.3) is 5.91 Å². The van der Waals surface area contributed by atoms with Crippen LogP contribution in [0.2, 0.25) is 0 Å². The monoisotopic (exact) mass is 423 g/mol. The van der Waals surface area contributed by atoms with Crippen LogP contribution in [-0.4, -0.2) is 35.8 Å². The van der Waals surface area contributed by atoms with E-state index in [0.717, 1.165) is 11.1 Å². The molecule has 2 aromatic carbocycles. The number of rotatable bonds is 7. The van der Waals surface area contributed by atoms with E-state index >= 15 is 0 Å². The minimum absolute atomic E-state index is 0.0185. The molecule has 1 heterocycles. The minimum atomic E-state index is -0.279. The summed E-state index contributed by atoms with van der Waals surface area (Å²) in [6.45, 7) is 0. The molecule has 2 amide bonds. The van der Waals surface area contributed by atoms with E-state index in [1.807, 2.05) is 12.1 Å². The van der Waals surface area contributed by atoms with E-state index in [1.165, 1.54) is 23.9 Å². The summed E-state index contributed by atoms with van der Waals surface area (Å²) in [6, 6.07) is 16.9. The summed E-state index contributed by atoms with van der Waals surface area (Å²) >= 11 is 1.42. The van der Waals surface area contributed by atoms with Gasteiger partial charge in [0.05, 0.1) is 12.0 Å². The van der Waals surface area contributed by atoms with Gasteiger partial charge in [-0.15, -0.1) is 11.8 Å². The summed E-state index contributed by atoms with van der Waals surface area (Å²) in [5.41, 5.74) is 2.93. The number of halogens is 1. The van der Waals surface area contributed by atoms with Gasteiger partial charge in [-0.3, -0.25) is 9.59 Å². The number of hydrogen-bond acceptors (Lipinski definition) is 4. The molecular weight excluding hydrogens is 401 g/mol. The lowest BCUT2D eigenvalue weighted by molar-refractivity contribution is -0.127. The summed E-state index contributed by atoms with van der Waals surface area (Å²) in [5, 5.41) is 3.47. The van der Waals surface area contributed by atoms with Crippen LogP contribution >= 0.6 is 11.8 Å². The Hall–Kier alpha value is -3.19. The van der Waals surface area contributed by atoms with E-state index in [-0.39, 0.29) is 17.6 Å². The molecule has 0 spiro atoms. The maximum absolute atomic E-state index is 13.1. The number of carbonyl (C=O) groups is 2. The Bertz CT molecular complexity index is 1020. The van der Waals surface area contributed by atoms with E-state index in [1.54, 1.807) is 61.6 Å². The van der Waals surface area contributed by atoms with Crippen LogP contribution in [0.25, 0.3) is 0 Å². The molecule has 0 radical (unpaired) electrons. The van der Waals surface area contributed by atoms with Crippen molar-refractivity contribution in [3.05, 3.63) is 89.4 Å².